The Morgan fingerprint density at radius 1 is 0.842 bits per heavy atom. The molecule has 0 aliphatic carbocycles. The van der Waals surface area contributed by atoms with Gasteiger partial charge in [-0.3, -0.25) is 9.78 Å². The Morgan fingerprint density at radius 2 is 1.47 bits per heavy atom. The lowest BCUT2D eigenvalue weighted by Crippen LogP contribution is -2.41. The third-order valence-electron chi connectivity index (χ3n) is 8.28. The summed E-state index contributed by atoms with van der Waals surface area (Å²) in [5.41, 5.74) is 6.33. The number of aromatic nitrogens is 3. The van der Waals surface area contributed by atoms with Gasteiger partial charge in [-0.1, -0.05) is 29.3 Å². The maximum atomic E-state index is 13.2. The third-order valence-corrected chi connectivity index (χ3v) is 8.56. The van der Waals surface area contributed by atoms with Crippen LogP contribution in [0.4, 0.5) is 65.7 Å². The van der Waals surface area contributed by atoms with Crippen LogP contribution in [0.5, 0.6) is 0 Å². The molecule has 6 N–H and O–H groups in total. The van der Waals surface area contributed by atoms with Crippen LogP contribution in [0.1, 0.15) is 36.0 Å². The molecule has 0 atom stereocenters. The number of hydrogen-bond donors (Lipinski definition) is 6. The van der Waals surface area contributed by atoms with Crippen molar-refractivity contribution < 1.29 is 55.7 Å². The maximum absolute atomic E-state index is 13.2. The van der Waals surface area contributed by atoms with Gasteiger partial charge in [0.2, 0.25) is 11.9 Å². The van der Waals surface area contributed by atoms with Gasteiger partial charge in [-0.25, -0.2) is 19.4 Å². The molecule has 304 valence electrons. The van der Waals surface area contributed by atoms with Crippen molar-refractivity contribution in [1.29, 1.82) is 0 Å². The number of nitrogens with one attached hydrogen (secondary N) is 4. The number of halogens is 7. The Labute approximate surface area is 325 Å². The number of carboxylic acid groups (broad SMARTS) is 2. The zero-order valence-corrected chi connectivity index (χ0v) is 30.6. The van der Waals surface area contributed by atoms with Crippen molar-refractivity contribution in [3.05, 3.63) is 88.8 Å². The summed E-state index contributed by atoms with van der Waals surface area (Å²) in [7, 11) is 0. The second-order valence-electron chi connectivity index (χ2n) is 12.7. The summed E-state index contributed by atoms with van der Waals surface area (Å²) in [6.45, 7) is 3.26. The monoisotopic (exact) mass is 824 g/mol. The van der Waals surface area contributed by atoms with Crippen LogP contribution in [-0.4, -0.2) is 79.4 Å². The van der Waals surface area contributed by atoms with Crippen LogP contribution in [-0.2, 0) is 27.2 Å². The Kier molecular flexibility index (Phi) is 14.6. The van der Waals surface area contributed by atoms with Crippen molar-refractivity contribution >= 4 is 70.0 Å². The van der Waals surface area contributed by atoms with E-state index in [1.54, 1.807) is 12.4 Å². The van der Waals surface area contributed by atoms with Crippen LogP contribution in [0.15, 0.2) is 67.1 Å². The largest absolute Gasteiger partial charge is 0.490 e. The van der Waals surface area contributed by atoms with Gasteiger partial charge in [0.1, 0.15) is 5.02 Å². The molecule has 14 nitrogen and oxygen atoms in total. The average Bonchev–Trinajstić information content (AvgIpc) is 3.14. The van der Waals surface area contributed by atoms with Gasteiger partial charge in [-0.05, 0) is 86.1 Å². The number of anilines is 6. The van der Waals surface area contributed by atoms with E-state index >= 15 is 0 Å². The maximum Gasteiger partial charge on any atom is 0.490 e. The predicted octanol–water partition coefficient (Wildman–Crippen LogP) is 7.96. The van der Waals surface area contributed by atoms with Crippen LogP contribution in [0.25, 0.3) is 0 Å². The second kappa shape index (κ2) is 19.1. The number of hydrogen-bond acceptors (Lipinski definition) is 9. The Bertz CT molecular complexity index is 2040. The van der Waals surface area contributed by atoms with Crippen molar-refractivity contribution in [3.8, 4) is 0 Å². The molecule has 2 aromatic heterocycles. The van der Waals surface area contributed by atoms with Gasteiger partial charge >= 0.3 is 30.3 Å². The van der Waals surface area contributed by atoms with Gasteiger partial charge in [0, 0.05) is 42.8 Å². The molecule has 4 aromatic rings. The van der Waals surface area contributed by atoms with Gasteiger partial charge < -0.3 is 36.4 Å². The molecule has 2 aliphatic rings. The lowest BCUT2D eigenvalue weighted by molar-refractivity contribution is -0.193. The number of carbonyl (C=O) groups excluding carboxylic acids is 2. The number of likely N-dealkylation sites (tertiary alicyclic amines) is 1. The lowest BCUT2D eigenvalue weighted by Gasteiger charge is -2.31. The molecule has 1 saturated heterocycles. The van der Waals surface area contributed by atoms with E-state index in [1.165, 1.54) is 0 Å². The summed E-state index contributed by atoms with van der Waals surface area (Å²) >= 11 is 6.38. The number of benzene rings is 2. The van der Waals surface area contributed by atoms with Crippen LogP contribution in [0.2, 0.25) is 5.02 Å². The van der Waals surface area contributed by atoms with E-state index in [4.69, 9.17) is 31.4 Å². The molecule has 21 heteroatoms. The van der Waals surface area contributed by atoms with E-state index < -0.39 is 24.3 Å². The van der Waals surface area contributed by atoms with Crippen LogP contribution < -0.4 is 21.3 Å². The minimum absolute atomic E-state index is 0.0289. The van der Waals surface area contributed by atoms with Crippen molar-refractivity contribution in [1.82, 2.24) is 19.9 Å². The number of amides is 3. The Morgan fingerprint density at radius 3 is 2.09 bits per heavy atom. The fourth-order valence-corrected chi connectivity index (χ4v) is 5.53. The molecule has 4 heterocycles. The zero-order chi connectivity index (χ0) is 41.9. The Balaban J connectivity index is 0.000000440. The summed E-state index contributed by atoms with van der Waals surface area (Å²) < 4.78 is 63.5. The van der Waals surface area contributed by atoms with E-state index in [2.05, 4.69) is 36.2 Å². The third kappa shape index (κ3) is 13.8. The second-order valence-corrected chi connectivity index (χ2v) is 13.1. The van der Waals surface area contributed by atoms with Crippen molar-refractivity contribution in [2.24, 2.45) is 5.92 Å². The summed E-state index contributed by atoms with van der Waals surface area (Å²) in [4.78, 5) is 58.7. The van der Waals surface area contributed by atoms with E-state index in [0.29, 0.717) is 42.7 Å². The molecule has 2 aromatic carbocycles. The zero-order valence-electron chi connectivity index (χ0n) is 29.8. The summed E-state index contributed by atoms with van der Waals surface area (Å²) in [6, 6.07) is 15.5. The van der Waals surface area contributed by atoms with Crippen molar-refractivity contribution in [2.45, 2.75) is 51.4 Å². The average molecular weight is 825 g/mol. The molecule has 0 unspecified atom stereocenters. The number of carbonyl (C=O) groups is 4. The summed E-state index contributed by atoms with van der Waals surface area (Å²) in [6.07, 6.45) is -1.66. The standard InChI is InChI=1S/C32H33ClN8O2.2C2HF3O2/c1-20-2-6-24(7-3-20)38-32(43)41-12-10-21(11-13-41)15-29(42)39-28-9-8-25-16-23(28)5-4-22-14-26(18-34-17-22)37-31-35-19-27(33)30(36-25)40-31;2*3-2(4,5)1(6)7/h2-3,6-9,14,16-19,21H,4-5,10-13,15H2,1H3,(H,38,43)(H,39,42)(H2,35,36,37,40);2*(H,6,7). The van der Waals surface area contributed by atoms with Crippen molar-refractivity contribution in [3.63, 3.8) is 0 Å². The summed E-state index contributed by atoms with van der Waals surface area (Å²) in [5.74, 6) is -4.44. The first-order valence-electron chi connectivity index (χ1n) is 16.9. The van der Waals surface area contributed by atoms with Gasteiger partial charge in [-0.2, -0.15) is 31.3 Å². The van der Waals surface area contributed by atoms with E-state index in [-0.39, 0.29) is 17.9 Å². The number of rotatable bonds is 4. The molecule has 0 spiro atoms. The highest BCUT2D eigenvalue weighted by molar-refractivity contribution is 6.32. The lowest BCUT2D eigenvalue weighted by atomic mass is 9.93. The predicted molar refractivity (Wildman–Crippen MR) is 197 cm³/mol. The van der Waals surface area contributed by atoms with Gasteiger partial charge in [0.15, 0.2) is 5.82 Å². The molecule has 2 aliphatic heterocycles. The molecular formula is C36H35ClF6N8O6. The fraction of sp³-hybridized carbons (Fsp3) is 0.306. The summed E-state index contributed by atoms with van der Waals surface area (Å²) in [5, 5.41) is 27.2. The molecule has 57 heavy (non-hydrogen) atoms. The van der Waals surface area contributed by atoms with E-state index in [9.17, 15) is 35.9 Å². The van der Waals surface area contributed by atoms with Crippen LogP contribution in [0, 0.1) is 12.8 Å². The van der Waals surface area contributed by atoms with Crippen molar-refractivity contribution in [2.75, 3.05) is 34.4 Å². The molecule has 0 radical (unpaired) electrons. The van der Waals surface area contributed by atoms with Gasteiger partial charge in [-0.15, -0.1) is 0 Å². The number of fused-ring (bicyclic) bond motifs is 6. The molecule has 0 saturated carbocycles. The molecule has 1 fully saturated rings. The number of urea groups is 1. The number of aliphatic carboxylic acids is 2. The fourth-order valence-electron chi connectivity index (χ4n) is 5.40. The van der Waals surface area contributed by atoms with Crippen LogP contribution in [0.3, 0.4) is 0 Å². The Hall–Kier alpha value is -6.18. The van der Waals surface area contributed by atoms with Gasteiger partial charge in [0.25, 0.3) is 0 Å². The van der Waals surface area contributed by atoms with Gasteiger partial charge in [0.05, 0.1) is 18.1 Å². The SMILES string of the molecule is Cc1ccc(NC(=O)N2CCC(CC(=O)Nc3ccc4cc3CCc3cncc(c3)Nc3ncc(Cl)c(n3)N4)CC2)cc1.O=C(O)C(F)(F)F.O=C(O)C(F)(F)F. The smallest absolute Gasteiger partial charge is 0.475 e. The minimum atomic E-state index is -5.08. The van der Waals surface area contributed by atoms with Crippen LogP contribution >= 0.6 is 11.6 Å². The number of alkyl halides is 6. The first kappa shape index (κ1) is 43.5. The molecular weight excluding hydrogens is 790 g/mol. The number of pyridine rings is 1. The number of carboxylic acids is 2. The first-order valence-corrected chi connectivity index (χ1v) is 17.3. The number of aryl methyl sites for hydroxylation is 3. The van der Waals surface area contributed by atoms with E-state index in [1.807, 2.05) is 66.6 Å². The highest BCUT2D eigenvalue weighted by Gasteiger charge is 2.39. The minimum Gasteiger partial charge on any atom is -0.475 e. The topological polar surface area (TPSA) is 199 Å². The molecule has 6 rings (SSSR count). The quantitative estimate of drug-likeness (QED) is 0.109. The molecule has 6 bridgehead atoms. The highest BCUT2D eigenvalue weighted by Crippen LogP contribution is 2.30. The number of piperidine rings is 1. The normalized spacial score (nSPS) is 13.9. The first-order chi connectivity index (χ1) is 26.8. The van der Waals surface area contributed by atoms with E-state index in [0.717, 1.165) is 58.7 Å². The number of nitrogens with zero attached hydrogens (tertiary/aromatic N) is 4. The highest BCUT2D eigenvalue weighted by atomic mass is 35.5. The molecule has 3 amide bonds.